The Morgan fingerprint density at radius 1 is 1.54 bits per heavy atom. The second-order valence-electron chi connectivity index (χ2n) is 2.50. The lowest BCUT2D eigenvalue weighted by molar-refractivity contribution is -0.384. The van der Waals surface area contributed by atoms with Gasteiger partial charge in [0.05, 0.1) is 15.8 Å². The fourth-order valence-corrected chi connectivity index (χ4v) is 1.09. The molecule has 2 aromatic rings. The van der Waals surface area contributed by atoms with Crippen molar-refractivity contribution in [3.63, 3.8) is 0 Å². The van der Waals surface area contributed by atoms with Crippen molar-refractivity contribution in [2.45, 2.75) is 0 Å². The van der Waals surface area contributed by atoms with E-state index in [1.54, 1.807) is 0 Å². The second-order valence-corrected chi connectivity index (χ2v) is 2.50. The second kappa shape index (κ2) is 2.51. The van der Waals surface area contributed by atoms with Crippen molar-refractivity contribution in [3.05, 3.63) is 34.3 Å². The molecule has 0 bridgehead atoms. The molecule has 13 heavy (non-hydrogen) atoms. The fraction of sp³-hybridized carbons (Fsp3) is 0. The van der Waals surface area contributed by atoms with Gasteiger partial charge in [0.15, 0.2) is 0 Å². The summed E-state index contributed by atoms with van der Waals surface area (Å²) < 4.78 is 12.8. The number of non-ortho nitro benzene ring substituents is 1. The number of aromatic amines is 1. The van der Waals surface area contributed by atoms with Crippen molar-refractivity contribution in [2.75, 3.05) is 0 Å². The number of halogens is 1. The number of nitrogens with zero attached hydrogens (tertiary/aromatic N) is 2. The molecule has 0 spiro atoms. The molecular formula is C7H4FN3O2. The maximum atomic E-state index is 12.8. The van der Waals surface area contributed by atoms with Gasteiger partial charge in [-0.2, -0.15) is 4.39 Å². The van der Waals surface area contributed by atoms with Crippen LogP contribution in [0.4, 0.5) is 10.1 Å². The molecule has 0 aliphatic carbocycles. The summed E-state index contributed by atoms with van der Waals surface area (Å²) >= 11 is 0. The zero-order valence-corrected chi connectivity index (χ0v) is 6.32. The number of hydrogen-bond donors (Lipinski definition) is 1. The van der Waals surface area contributed by atoms with E-state index < -0.39 is 10.9 Å². The van der Waals surface area contributed by atoms with Crippen LogP contribution < -0.4 is 0 Å². The maximum Gasteiger partial charge on any atom is 0.271 e. The molecule has 0 unspecified atom stereocenters. The van der Waals surface area contributed by atoms with Crippen molar-refractivity contribution in [2.24, 2.45) is 0 Å². The van der Waals surface area contributed by atoms with Gasteiger partial charge in [-0.25, -0.2) is 0 Å². The lowest BCUT2D eigenvalue weighted by Crippen LogP contribution is -1.86. The SMILES string of the molecule is O=[N+]([O-])c1ccc2c(F)n[nH]c2c1. The minimum atomic E-state index is -0.648. The van der Waals surface area contributed by atoms with Gasteiger partial charge >= 0.3 is 0 Å². The molecule has 2 rings (SSSR count). The molecule has 0 atom stereocenters. The highest BCUT2D eigenvalue weighted by Crippen LogP contribution is 2.20. The molecule has 66 valence electrons. The highest BCUT2D eigenvalue weighted by molar-refractivity contribution is 5.80. The number of nitrogens with one attached hydrogen (secondary N) is 1. The Morgan fingerprint density at radius 3 is 3.00 bits per heavy atom. The molecule has 6 heteroatoms. The zero-order valence-electron chi connectivity index (χ0n) is 6.32. The summed E-state index contributed by atoms with van der Waals surface area (Å²) in [6, 6.07) is 3.80. The third-order valence-corrected chi connectivity index (χ3v) is 1.71. The standard InChI is InChI=1S/C7H4FN3O2/c8-7-5-2-1-4(11(12)13)3-6(5)9-10-7/h1-3H,(H,9,10). The van der Waals surface area contributed by atoms with Crippen LogP contribution in [0.3, 0.4) is 0 Å². The number of nitro benzene ring substituents is 1. The molecule has 1 aromatic heterocycles. The summed E-state index contributed by atoms with van der Waals surface area (Å²) in [4.78, 5) is 9.79. The van der Waals surface area contributed by atoms with Gasteiger partial charge in [-0.3, -0.25) is 15.2 Å². The molecule has 1 aromatic carbocycles. The van der Waals surface area contributed by atoms with Gasteiger partial charge in [0, 0.05) is 12.1 Å². The maximum absolute atomic E-state index is 12.8. The van der Waals surface area contributed by atoms with Crippen LogP contribution in [0.15, 0.2) is 18.2 Å². The number of hydrogen-bond acceptors (Lipinski definition) is 3. The first-order chi connectivity index (χ1) is 6.18. The van der Waals surface area contributed by atoms with Gasteiger partial charge in [0.2, 0.25) is 5.95 Å². The lowest BCUT2D eigenvalue weighted by Gasteiger charge is -1.89. The summed E-state index contributed by atoms with van der Waals surface area (Å²) in [5, 5.41) is 16.2. The average Bonchev–Trinajstić information content (AvgIpc) is 2.47. The van der Waals surface area contributed by atoms with Gasteiger partial charge in [0.25, 0.3) is 5.69 Å². The predicted octanol–water partition coefficient (Wildman–Crippen LogP) is 1.61. The van der Waals surface area contributed by atoms with Gasteiger partial charge in [-0.1, -0.05) is 0 Å². The van der Waals surface area contributed by atoms with Crippen LogP contribution in [0.25, 0.3) is 10.9 Å². The van der Waals surface area contributed by atoms with Crippen molar-refractivity contribution in [1.29, 1.82) is 0 Å². The quantitative estimate of drug-likeness (QED) is 0.536. The third-order valence-electron chi connectivity index (χ3n) is 1.71. The van der Waals surface area contributed by atoms with Gasteiger partial charge in [0.1, 0.15) is 0 Å². The summed E-state index contributed by atoms with van der Waals surface area (Å²) in [6.07, 6.45) is 0. The smallest absolute Gasteiger partial charge is 0.271 e. The molecule has 0 saturated heterocycles. The number of H-pyrrole nitrogens is 1. The van der Waals surface area contributed by atoms with Crippen molar-refractivity contribution >= 4 is 16.6 Å². The highest BCUT2D eigenvalue weighted by atomic mass is 19.1. The molecule has 0 radical (unpaired) electrons. The normalized spacial score (nSPS) is 10.5. The van der Waals surface area contributed by atoms with Gasteiger partial charge in [-0.15, -0.1) is 5.10 Å². The van der Waals surface area contributed by atoms with E-state index in [4.69, 9.17) is 0 Å². The van der Waals surface area contributed by atoms with E-state index in [2.05, 4.69) is 10.2 Å². The Kier molecular flexibility index (Phi) is 1.48. The minimum absolute atomic E-state index is 0.0869. The minimum Gasteiger partial charge on any atom is -0.275 e. The van der Waals surface area contributed by atoms with Crippen LogP contribution in [0.2, 0.25) is 0 Å². The van der Waals surface area contributed by atoms with E-state index in [9.17, 15) is 14.5 Å². The van der Waals surface area contributed by atoms with Crippen LogP contribution in [0.5, 0.6) is 0 Å². The molecule has 0 saturated carbocycles. The number of nitro groups is 1. The van der Waals surface area contributed by atoms with Gasteiger partial charge in [-0.05, 0) is 6.07 Å². The molecule has 5 nitrogen and oxygen atoms in total. The average molecular weight is 181 g/mol. The summed E-state index contributed by atoms with van der Waals surface area (Å²) in [5.74, 6) is -0.648. The Balaban J connectivity index is 2.70. The van der Waals surface area contributed by atoms with E-state index in [-0.39, 0.29) is 11.1 Å². The van der Waals surface area contributed by atoms with Crippen LogP contribution in [0.1, 0.15) is 0 Å². The molecule has 0 fully saturated rings. The number of fused-ring (bicyclic) bond motifs is 1. The van der Waals surface area contributed by atoms with E-state index in [1.165, 1.54) is 18.2 Å². The molecule has 0 aliphatic rings. The number of benzene rings is 1. The summed E-state index contributed by atoms with van der Waals surface area (Å²) in [6.45, 7) is 0. The Labute approximate surface area is 71.3 Å². The molecule has 0 aliphatic heterocycles. The Morgan fingerprint density at radius 2 is 2.31 bits per heavy atom. The van der Waals surface area contributed by atoms with E-state index in [0.29, 0.717) is 5.52 Å². The van der Waals surface area contributed by atoms with Crippen LogP contribution in [0, 0.1) is 16.1 Å². The van der Waals surface area contributed by atoms with E-state index >= 15 is 0 Å². The van der Waals surface area contributed by atoms with Crippen molar-refractivity contribution < 1.29 is 9.31 Å². The molecular weight excluding hydrogens is 177 g/mol. The monoisotopic (exact) mass is 181 g/mol. The lowest BCUT2D eigenvalue weighted by atomic mass is 10.2. The molecule has 1 N–H and O–H groups in total. The van der Waals surface area contributed by atoms with E-state index in [1.807, 2.05) is 0 Å². The Hall–Kier alpha value is -1.98. The first-order valence-electron chi connectivity index (χ1n) is 3.46. The largest absolute Gasteiger partial charge is 0.275 e. The summed E-state index contributed by atoms with van der Waals surface area (Å²) in [7, 11) is 0. The first kappa shape index (κ1) is 7.66. The molecule has 0 amide bonds. The molecule has 1 heterocycles. The van der Waals surface area contributed by atoms with Crippen LogP contribution in [-0.4, -0.2) is 15.1 Å². The number of rotatable bonds is 1. The first-order valence-corrected chi connectivity index (χ1v) is 3.46. The fourth-order valence-electron chi connectivity index (χ4n) is 1.09. The number of aromatic nitrogens is 2. The summed E-state index contributed by atoms with van der Waals surface area (Å²) in [5.41, 5.74) is 0.239. The zero-order chi connectivity index (χ0) is 9.42. The highest BCUT2D eigenvalue weighted by Gasteiger charge is 2.10. The van der Waals surface area contributed by atoms with Crippen molar-refractivity contribution in [3.8, 4) is 0 Å². The van der Waals surface area contributed by atoms with Crippen LogP contribution in [-0.2, 0) is 0 Å². The van der Waals surface area contributed by atoms with Crippen molar-refractivity contribution in [1.82, 2.24) is 10.2 Å². The Bertz CT molecular complexity index is 480. The van der Waals surface area contributed by atoms with E-state index in [0.717, 1.165) is 0 Å². The topological polar surface area (TPSA) is 71.8 Å². The third kappa shape index (κ3) is 1.12. The van der Waals surface area contributed by atoms with Crippen LogP contribution >= 0.6 is 0 Å². The van der Waals surface area contributed by atoms with Gasteiger partial charge < -0.3 is 0 Å². The predicted molar refractivity (Wildman–Crippen MR) is 42.7 cm³/mol.